The van der Waals surface area contributed by atoms with E-state index in [1.807, 2.05) is 31.2 Å². The van der Waals surface area contributed by atoms with Crippen molar-refractivity contribution < 1.29 is 13.5 Å². The van der Waals surface area contributed by atoms with E-state index in [2.05, 4.69) is 0 Å². The number of benzene rings is 2. The third-order valence-corrected chi connectivity index (χ3v) is 6.73. The lowest BCUT2D eigenvalue weighted by Crippen LogP contribution is -2.35. The molecule has 0 heterocycles. The van der Waals surface area contributed by atoms with Crippen molar-refractivity contribution in [3.63, 3.8) is 0 Å². The molecule has 3 atom stereocenters. The van der Waals surface area contributed by atoms with Crippen LogP contribution in [0.5, 0.6) is 0 Å². The lowest BCUT2D eigenvalue weighted by atomic mass is 10.1. The summed E-state index contributed by atoms with van der Waals surface area (Å²) in [5.74, 6) is -0.386. The van der Waals surface area contributed by atoms with E-state index in [4.69, 9.17) is 5.73 Å². The van der Waals surface area contributed by atoms with Crippen LogP contribution in [0, 0.1) is 6.92 Å². The quantitative estimate of drug-likeness (QED) is 0.898. The van der Waals surface area contributed by atoms with Crippen LogP contribution in [0.3, 0.4) is 0 Å². The van der Waals surface area contributed by atoms with Gasteiger partial charge < -0.3 is 10.8 Å². The van der Waals surface area contributed by atoms with Crippen molar-refractivity contribution in [2.24, 2.45) is 5.73 Å². The first-order valence-corrected chi connectivity index (χ1v) is 8.71. The number of hydrogen-bond donors (Lipinski definition) is 2. The van der Waals surface area contributed by atoms with Gasteiger partial charge >= 0.3 is 0 Å². The maximum Gasteiger partial charge on any atom is 0.183 e. The third kappa shape index (κ3) is 2.26. The van der Waals surface area contributed by atoms with Crippen LogP contribution >= 0.6 is 0 Å². The van der Waals surface area contributed by atoms with Gasteiger partial charge in [-0.1, -0.05) is 48.0 Å². The average Bonchev–Trinajstić information content (AvgIpc) is 3.17. The summed E-state index contributed by atoms with van der Waals surface area (Å²) >= 11 is 0. The molecule has 1 aliphatic rings. The average molecular weight is 317 g/mol. The Morgan fingerprint density at radius 3 is 2.23 bits per heavy atom. The normalized spacial score (nSPS) is 27.6. The highest BCUT2D eigenvalue weighted by molar-refractivity contribution is 7.92. The van der Waals surface area contributed by atoms with Crippen LogP contribution in [0.25, 0.3) is 0 Å². The first-order chi connectivity index (χ1) is 10.4. The highest BCUT2D eigenvalue weighted by Gasteiger charge is 2.68. The van der Waals surface area contributed by atoms with Gasteiger partial charge in [-0.25, -0.2) is 8.42 Å². The van der Waals surface area contributed by atoms with Crippen LogP contribution in [-0.2, 0) is 9.84 Å². The monoisotopic (exact) mass is 317 g/mol. The summed E-state index contributed by atoms with van der Waals surface area (Å²) in [6.07, 6.45) is 0. The summed E-state index contributed by atoms with van der Waals surface area (Å²) in [5, 5.41) is 8.85. The molecule has 116 valence electrons. The van der Waals surface area contributed by atoms with Crippen molar-refractivity contribution in [1.29, 1.82) is 0 Å². The summed E-state index contributed by atoms with van der Waals surface area (Å²) < 4.78 is 25.7. The van der Waals surface area contributed by atoms with Gasteiger partial charge in [0.2, 0.25) is 0 Å². The van der Waals surface area contributed by atoms with Gasteiger partial charge in [-0.05, 0) is 24.6 Å². The van der Waals surface area contributed by atoms with Gasteiger partial charge in [-0.2, -0.15) is 0 Å². The fourth-order valence-corrected chi connectivity index (χ4v) is 5.41. The summed E-state index contributed by atoms with van der Waals surface area (Å²) in [4.78, 5) is 0.248. The zero-order valence-corrected chi connectivity index (χ0v) is 13.1. The minimum Gasteiger partial charge on any atom is -0.394 e. The highest BCUT2D eigenvalue weighted by atomic mass is 32.2. The highest BCUT2D eigenvalue weighted by Crippen LogP contribution is 2.55. The van der Waals surface area contributed by atoms with Crippen molar-refractivity contribution in [2.75, 3.05) is 6.61 Å². The lowest BCUT2D eigenvalue weighted by Gasteiger charge is -2.08. The van der Waals surface area contributed by atoms with Crippen molar-refractivity contribution in [2.45, 2.75) is 28.5 Å². The summed E-state index contributed by atoms with van der Waals surface area (Å²) in [7, 11) is -3.58. The summed E-state index contributed by atoms with van der Waals surface area (Å²) in [6, 6.07) is 15.9. The smallest absolute Gasteiger partial charge is 0.183 e. The summed E-state index contributed by atoms with van der Waals surface area (Å²) in [6.45, 7) is 1.61. The minimum atomic E-state index is -3.58. The lowest BCUT2D eigenvalue weighted by molar-refractivity contribution is 0.253. The van der Waals surface area contributed by atoms with Gasteiger partial charge in [0.25, 0.3) is 0 Å². The van der Waals surface area contributed by atoms with Gasteiger partial charge in [-0.15, -0.1) is 0 Å². The van der Waals surface area contributed by atoms with Gasteiger partial charge in [0, 0.05) is 5.92 Å². The second-order valence-corrected chi connectivity index (χ2v) is 8.01. The first kappa shape index (κ1) is 15.2. The van der Waals surface area contributed by atoms with E-state index < -0.39 is 20.6 Å². The molecular weight excluding hydrogens is 298 g/mol. The molecule has 2 aromatic rings. The fourth-order valence-electron chi connectivity index (χ4n) is 3.09. The van der Waals surface area contributed by atoms with E-state index in [0.29, 0.717) is 0 Å². The fraction of sp³-hybridized carbons (Fsp3) is 0.294. The Labute approximate surface area is 130 Å². The molecule has 1 saturated carbocycles. The van der Waals surface area contributed by atoms with Gasteiger partial charge in [0.05, 0.1) is 22.3 Å². The number of aliphatic hydroxyl groups excluding tert-OH is 1. The van der Waals surface area contributed by atoms with Crippen LogP contribution in [0.4, 0.5) is 0 Å². The second kappa shape index (κ2) is 5.19. The van der Waals surface area contributed by atoms with E-state index >= 15 is 0 Å². The maximum atomic E-state index is 12.8. The topological polar surface area (TPSA) is 80.4 Å². The third-order valence-electron chi connectivity index (χ3n) is 4.42. The zero-order chi connectivity index (χ0) is 16.0. The zero-order valence-electron chi connectivity index (χ0n) is 12.3. The molecular formula is C17H19NO3S. The van der Waals surface area contributed by atoms with Crippen LogP contribution in [0.2, 0.25) is 0 Å². The molecule has 22 heavy (non-hydrogen) atoms. The SMILES string of the molecule is Cc1ccc([C@@H]2[C@H](S(=O)(=O)c3ccccc3)[C@@]2(N)CO)cc1. The minimum absolute atomic E-state index is 0.248. The Kier molecular flexibility index (Phi) is 3.59. The molecule has 0 aromatic heterocycles. The molecule has 0 bridgehead atoms. The molecule has 1 fully saturated rings. The predicted molar refractivity (Wildman–Crippen MR) is 85.3 cm³/mol. The Bertz CT molecular complexity index is 771. The van der Waals surface area contributed by atoms with Crippen molar-refractivity contribution in [3.05, 3.63) is 65.7 Å². The largest absolute Gasteiger partial charge is 0.394 e. The van der Waals surface area contributed by atoms with Gasteiger partial charge in [0.15, 0.2) is 9.84 Å². The van der Waals surface area contributed by atoms with Gasteiger partial charge in [-0.3, -0.25) is 0 Å². The number of sulfone groups is 1. The van der Waals surface area contributed by atoms with Crippen LogP contribution in [0.15, 0.2) is 59.5 Å². The van der Waals surface area contributed by atoms with E-state index in [1.165, 1.54) is 0 Å². The van der Waals surface area contributed by atoms with Crippen molar-refractivity contribution in [3.8, 4) is 0 Å². The molecule has 4 nitrogen and oxygen atoms in total. The Hall–Kier alpha value is -1.69. The molecule has 5 heteroatoms. The van der Waals surface area contributed by atoms with Crippen LogP contribution in [-0.4, -0.2) is 30.9 Å². The number of hydrogen-bond acceptors (Lipinski definition) is 4. The van der Waals surface area contributed by atoms with E-state index in [9.17, 15) is 13.5 Å². The van der Waals surface area contributed by atoms with E-state index in [0.717, 1.165) is 11.1 Å². The van der Waals surface area contributed by atoms with Crippen LogP contribution in [0.1, 0.15) is 17.0 Å². The molecule has 0 aliphatic heterocycles. The molecule has 2 aromatic carbocycles. The molecule has 3 N–H and O–H groups in total. The molecule has 0 spiro atoms. The van der Waals surface area contributed by atoms with Crippen LogP contribution < -0.4 is 5.73 Å². The van der Waals surface area contributed by atoms with Crippen molar-refractivity contribution >= 4 is 9.84 Å². The molecule has 0 saturated heterocycles. The number of rotatable bonds is 4. The van der Waals surface area contributed by atoms with Crippen molar-refractivity contribution in [1.82, 2.24) is 0 Å². The molecule has 0 unspecified atom stereocenters. The maximum absolute atomic E-state index is 12.8. The standard InChI is InChI=1S/C17H19NO3S/c1-12-7-9-13(10-8-12)15-16(17(15,18)11-19)22(20,21)14-5-3-2-4-6-14/h2-10,15-16,19H,11,18H2,1H3/t15-,16+,17-/m1/s1. The van der Waals surface area contributed by atoms with E-state index in [-0.39, 0.29) is 17.4 Å². The Morgan fingerprint density at radius 1 is 1.09 bits per heavy atom. The molecule has 0 radical (unpaired) electrons. The second-order valence-electron chi connectivity index (χ2n) is 5.94. The number of aryl methyl sites for hydroxylation is 1. The summed E-state index contributed by atoms with van der Waals surface area (Å²) in [5.41, 5.74) is 7.03. The molecule has 3 rings (SSSR count). The predicted octanol–water partition coefficient (Wildman–Crippen LogP) is 1.62. The number of nitrogens with two attached hydrogens (primary N) is 1. The van der Waals surface area contributed by atoms with Gasteiger partial charge in [0.1, 0.15) is 0 Å². The molecule has 1 aliphatic carbocycles. The molecule has 0 amide bonds. The van der Waals surface area contributed by atoms with E-state index in [1.54, 1.807) is 30.3 Å². The Balaban J connectivity index is 2.02. The first-order valence-electron chi connectivity index (χ1n) is 7.16. The number of aliphatic hydroxyl groups is 1. The Morgan fingerprint density at radius 2 is 1.68 bits per heavy atom.